The van der Waals surface area contributed by atoms with Crippen LogP contribution in [0.5, 0.6) is 11.5 Å². The Labute approximate surface area is 186 Å². The number of sulfone groups is 1. The number of likely N-dealkylation sites (tertiary alicyclic amines) is 1. The Morgan fingerprint density at radius 3 is 2.35 bits per heavy atom. The summed E-state index contributed by atoms with van der Waals surface area (Å²) in [4.78, 5) is 16.3. The lowest BCUT2D eigenvalue weighted by Crippen LogP contribution is -2.39. The molecule has 0 radical (unpaired) electrons. The van der Waals surface area contributed by atoms with E-state index in [1.54, 1.807) is 34.1 Å². The Morgan fingerprint density at radius 2 is 1.68 bits per heavy atom. The fourth-order valence-corrected chi connectivity index (χ4v) is 5.58. The van der Waals surface area contributed by atoms with Crippen LogP contribution in [0.4, 0.5) is 11.4 Å². The standard InChI is InChI=1S/C22H23ClN2O5S/c1-29-18-8-7-16(13-19(18)30-2)25-14-21(22(26)24-10-4-3-5-11-24)31(27,28)20-9-6-15(23)12-17(20)25/h6-9,12-14H,3-5,10-11H2,1-2H3. The van der Waals surface area contributed by atoms with Crippen molar-refractivity contribution in [1.82, 2.24) is 4.90 Å². The summed E-state index contributed by atoms with van der Waals surface area (Å²) in [5, 5.41) is 0.388. The summed E-state index contributed by atoms with van der Waals surface area (Å²) >= 11 is 6.19. The van der Waals surface area contributed by atoms with Crippen LogP contribution >= 0.6 is 11.6 Å². The molecule has 7 nitrogen and oxygen atoms in total. The van der Waals surface area contributed by atoms with Gasteiger partial charge in [-0.25, -0.2) is 8.42 Å². The zero-order chi connectivity index (χ0) is 22.2. The van der Waals surface area contributed by atoms with Crippen molar-refractivity contribution in [2.75, 3.05) is 32.2 Å². The molecule has 2 aromatic rings. The maximum Gasteiger partial charge on any atom is 0.267 e. The second-order valence-electron chi connectivity index (χ2n) is 7.37. The number of hydrogen-bond donors (Lipinski definition) is 0. The van der Waals surface area contributed by atoms with E-state index in [-0.39, 0.29) is 9.80 Å². The molecule has 0 aromatic heterocycles. The molecular formula is C22H23ClN2O5S. The molecule has 2 aromatic carbocycles. The van der Waals surface area contributed by atoms with Crippen LogP contribution in [0.25, 0.3) is 0 Å². The number of carbonyl (C=O) groups excluding carboxylic acids is 1. The summed E-state index contributed by atoms with van der Waals surface area (Å²) in [6.45, 7) is 1.10. The summed E-state index contributed by atoms with van der Waals surface area (Å²) < 4.78 is 37.4. The molecule has 0 atom stereocenters. The van der Waals surface area contributed by atoms with E-state index < -0.39 is 15.7 Å². The SMILES string of the molecule is COc1ccc(N2C=C(C(=O)N3CCCCC3)S(=O)(=O)c3ccc(Cl)cc32)cc1OC. The van der Waals surface area contributed by atoms with Crippen LogP contribution in [-0.4, -0.2) is 46.5 Å². The number of amides is 1. The zero-order valence-electron chi connectivity index (χ0n) is 17.3. The topological polar surface area (TPSA) is 76.2 Å². The Balaban J connectivity index is 1.88. The highest BCUT2D eigenvalue weighted by molar-refractivity contribution is 7.96. The third-order valence-corrected chi connectivity index (χ3v) is 7.52. The summed E-state index contributed by atoms with van der Waals surface area (Å²) in [6.07, 6.45) is 4.15. The average molecular weight is 463 g/mol. The highest BCUT2D eigenvalue weighted by Crippen LogP contribution is 2.43. The van der Waals surface area contributed by atoms with Crippen LogP contribution in [0.15, 0.2) is 52.4 Å². The van der Waals surface area contributed by atoms with Gasteiger partial charge >= 0.3 is 0 Å². The molecule has 1 amide bonds. The van der Waals surface area contributed by atoms with Crippen molar-refractivity contribution in [3.8, 4) is 11.5 Å². The average Bonchev–Trinajstić information content (AvgIpc) is 2.78. The van der Waals surface area contributed by atoms with Gasteiger partial charge in [-0.05, 0) is 49.6 Å². The van der Waals surface area contributed by atoms with Crippen molar-refractivity contribution in [2.24, 2.45) is 0 Å². The molecule has 0 bridgehead atoms. The molecular weight excluding hydrogens is 440 g/mol. The molecule has 0 saturated carbocycles. The van der Waals surface area contributed by atoms with Crippen LogP contribution in [-0.2, 0) is 14.6 Å². The van der Waals surface area contributed by atoms with Gasteiger partial charge in [0.15, 0.2) is 16.4 Å². The minimum absolute atomic E-state index is 0.0366. The largest absolute Gasteiger partial charge is 0.493 e. The Hall–Kier alpha value is -2.71. The highest BCUT2D eigenvalue weighted by Gasteiger charge is 2.38. The quantitative estimate of drug-likeness (QED) is 0.679. The normalized spacial score (nSPS) is 17.6. The van der Waals surface area contributed by atoms with Crippen LogP contribution in [0.1, 0.15) is 19.3 Å². The molecule has 1 fully saturated rings. The second-order valence-corrected chi connectivity index (χ2v) is 9.69. The van der Waals surface area contributed by atoms with E-state index in [4.69, 9.17) is 21.1 Å². The molecule has 1 saturated heterocycles. The fraction of sp³-hybridized carbons (Fsp3) is 0.318. The van der Waals surface area contributed by atoms with Crippen LogP contribution in [0.2, 0.25) is 5.02 Å². The summed E-state index contributed by atoms with van der Waals surface area (Å²) in [7, 11) is -0.945. The van der Waals surface area contributed by atoms with Gasteiger partial charge in [-0.15, -0.1) is 0 Å². The van der Waals surface area contributed by atoms with Gasteiger partial charge < -0.3 is 19.3 Å². The molecule has 0 aliphatic carbocycles. The van der Waals surface area contributed by atoms with E-state index in [0.717, 1.165) is 19.3 Å². The molecule has 9 heteroatoms. The van der Waals surface area contributed by atoms with Crippen molar-refractivity contribution < 1.29 is 22.7 Å². The summed E-state index contributed by atoms with van der Waals surface area (Å²) in [6, 6.07) is 9.74. The smallest absolute Gasteiger partial charge is 0.267 e. The molecule has 31 heavy (non-hydrogen) atoms. The van der Waals surface area contributed by atoms with Gasteiger partial charge in [0, 0.05) is 36.1 Å². The van der Waals surface area contributed by atoms with Crippen molar-refractivity contribution in [3.63, 3.8) is 0 Å². The van der Waals surface area contributed by atoms with Crippen molar-refractivity contribution >= 4 is 38.7 Å². The number of halogens is 1. The second kappa shape index (κ2) is 8.43. The van der Waals surface area contributed by atoms with Gasteiger partial charge in [-0.3, -0.25) is 4.79 Å². The first-order chi connectivity index (χ1) is 14.9. The third-order valence-electron chi connectivity index (χ3n) is 5.51. The lowest BCUT2D eigenvalue weighted by Gasteiger charge is -2.32. The molecule has 4 rings (SSSR count). The van der Waals surface area contributed by atoms with E-state index in [0.29, 0.717) is 41.0 Å². The van der Waals surface area contributed by atoms with Crippen LogP contribution < -0.4 is 14.4 Å². The van der Waals surface area contributed by atoms with Crippen LogP contribution in [0, 0.1) is 0 Å². The Bertz CT molecular complexity index is 1160. The molecule has 0 N–H and O–H groups in total. The first kappa shape index (κ1) is 21.5. The van der Waals surface area contributed by atoms with Gasteiger partial charge in [0.05, 0.1) is 24.8 Å². The molecule has 2 aliphatic rings. The highest BCUT2D eigenvalue weighted by atomic mass is 35.5. The van der Waals surface area contributed by atoms with E-state index in [9.17, 15) is 13.2 Å². The third kappa shape index (κ3) is 3.85. The van der Waals surface area contributed by atoms with E-state index >= 15 is 0 Å². The molecule has 0 unspecified atom stereocenters. The van der Waals surface area contributed by atoms with Gasteiger partial charge in [0.2, 0.25) is 9.84 Å². The van der Waals surface area contributed by atoms with Crippen molar-refractivity contribution in [2.45, 2.75) is 24.2 Å². The predicted molar refractivity (Wildman–Crippen MR) is 119 cm³/mol. The number of anilines is 2. The molecule has 164 valence electrons. The number of piperidine rings is 1. The number of hydrogen-bond acceptors (Lipinski definition) is 6. The van der Waals surface area contributed by atoms with Gasteiger partial charge in [-0.2, -0.15) is 0 Å². The van der Waals surface area contributed by atoms with Crippen molar-refractivity contribution in [3.05, 3.63) is 52.5 Å². The number of nitrogens with zero attached hydrogens (tertiary/aromatic N) is 2. The predicted octanol–water partition coefficient (Wildman–Crippen LogP) is 4.14. The maximum absolute atomic E-state index is 13.4. The lowest BCUT2D eigenvalue weighted by atomic mass is 10.1. The number of fused-ring (bicyclic) bond motifs is 1. The van der Waals surface area contributed by atoms with Gasteiger partial charge in [0.25, 0.3) is 5.91 Å². The molecule has 2 heterocycles. The van der Waals surface area contributed by atoms with Gasteiger partial charge in [-0.1, -0.05) is 11.6 Å². The summed E-state index contributed by atoms with van der Waals surface area (Å²) in [5.74, 6) is 0.538. The maximum atomic E-state index is 13.4. The minimum atomic E-state index is -4.00. The monoisotopic (exact) mass is 462 g/mol. The summed E-state index contributed by atoms with van der Waals surface area (Å²) in [5.41, 5.74) is 0.981. The first-order valence-electron chi connectivity index (χ1n) is 9.94. The number of ether oxygens (including phenoxy) is 2. The molecule has 2 aliphatic heterocycles. The lowest BCUT2D eigenvalue weighted by molar-refractivity contribution is -0.127. The Morgan fingerprint density at radius 1 is 0.968 bits per heavy atom. The zero-order valence-corrected chi connectivity index (χ0v) is 18.9. The molecule has 0 spiro atoms. The van der Waals surface area contributed by atoms with E-state index in [1.807, 2.05) is 0 Å². The van der Waals surface area contributed by atoms with E-state index in [1.165, 1.54) is 32.6 Å². The number of methoxy groups -OCH3 is 2. The number of benzene rings is 2. The Kier molecular flexibility index (Phi) is 5.85. The first-order valence-corrected chi connectivity index (χ1v) is 11.8. The number of carbonyl (C=O) groups is 1. The fourth-order valence-electron chi connectivity index (χ4n) is 3.89. The minimum Gasteiger partial charge on any atom is -0.493 e. The van der Waals surface area contributed by atoms with Crippen LogP contribution in [0.3, 0.4) is 0 Å². The van der Waals surface area contributed by atoms with Gasteiger partial charge in [0.1, 0.15) is 0 Å². The van der Waals surface area contributed by atoms with Crippen molar-refractivity contribution in [1.29, 1.82) is 0 Å². The number of rotatable bonds is 4. The van der Waals surface area contributed by atoms with E-state index in [2.05, 4.69) is 0 Å².